The highest BCUT2D eigenvalue weighted by atomic mass is 19.1. The van der Waals surface area contributed by atoms with Crippen molar-refractivity contribution in [2.75, 3.05) is 19.6 Å². The predicted octanol–water partition coefficient (Wildman–Crippen LogP) is 2.58. The molecule has 1 aromatic rings. The maximum atomic E-state index is 12.9. The summed E-state index contributed by atoms with van der Waals surface area (Å²) >= 11 is 0. The number of hydrogen-bond donors (Lipinski definition) is 1. The van der Waals surface area contributed by atoms with Gasteiger partial charge in [-0.05, 0) is 69.8 Å². The van der Waals surface area contributed by atoms with Crippen molar-refractivity contribution in [3.05, 3.63) is 30.1 Å². The molecule has 0 bridgehead atoms. The molecule has 5 heteroatoms. The zero-order valence-electron chi connectivity index (χ0n) is 13.8. The molecular weight excluding hydrogens is 295 g/mol. The molecular formula is C18H25FN2O2. The van der Waals surface area contributed by atoms with Crippen LogP contribution in [0.25, 0.3) is 0 Å². The van der Waals surface area contributed by atoms with E-state index in [2.05, 4.69) is 10.2 Å². The van der Waals surface area contributed by atoms with E-state index in [1.807, 2.05) is 0 Å². The molecule has 2 aliphatic rings. The average molecular weight is 320 g/mol. The standard InChI is InChI=1S/C18H25FN2O2/c1-18(2,23-16-7-3-14(19)4-8-16)17(22)20-11-13-9-10-21(12-13)15-5-6-15/h3-4,7-8,13,15H,5-6,9-12H2,1-2H3,(H,20,22). The van der Waals surface area contributed by atoms with Crippen LogP contribution in [0.2, 0.25) is 0 Å². The molecule has 1 unspecified atom stereocenters. The SMILES string of the molecule is CC(C)(Oc1ccc(F)cc1)C(=O)NCC1CCN(C2CC2)C1. The van der Waals surface area contributed by atoms with Gasteiger partial charge in [-0.1, -0.05) is 0 Å². The third-order valence-corrected chi connectivity index (χ3v) is 4.67. The number of rotatable bonds is 6. The predicted molar refractivity (Wildman–Crippen MR) is 86.8 cm³/mol. The van der Waals surface area contributed by atoms with Gasteiger partial charge in [0.15, 0.2) is 5.60 Å². The van der Waals surface area contributed by atoms with Crippen molar-refractivity contribution in [2.24, 2.45) is 5.92 Å². The Kier molecular flexibility index (Phi) is 4.57. The number of ether oxygens (including phenoxy) is 1. The smallest absolute Gasteiger partial charge is 0.263 e. The number of halogens is 1. The summed E-state index contributed by atoms with van der Waals surface area (Å²) < 4.78 is 18.6. The molecule has 1 amide bonds. The second-order valence-electron chi connectivity index (χ2n) is 7.16. The normalized spacial score (nSPS) is 22.1. The summed E-state index contributed by atoms with van der Waals surface area (Å²) in [4.78, 5) is 14.9. The van der Waals surface area contributed by atoms with Crippen molar-refractivity contribution in [1.82, 2.24) is 10.2 Å². The maximum Gasteiger partial charge on any atom is 0.263 e. The quantitative estimate of drug-likeness (QED) is 0.876. The van der Waals surface area contributed by atoms with Gasteiger partial charge < -0.3 is 15.0 Å². The summed E-state index contributed by atoms with van der Waals surface area (Å²) in [5, 5.41) is 3.01. The van der Waals surface area contributed by atoms with Gasteiger partial charge >= 0.3 is 0 Å². The van der Waals surface area contributed by atoms with Crippen molar-refractivity contribution in [3.8, 4) is 5.75 Å². The second-order valence-corrected chi connectivity index (χ2v) is 7.16. The van der Waals surface area contributed by atoms with E-state index in [0.717, 1.165) is 25.6 Å². The first-order valence-corrected chi connectivity index (χ1v) is 8.41. The number of carbonyl (C=O) groups excluding carboxylic acids is 1. The van der Waals surface area contributed by atoms with Gasteiger partial charge in [0, 0.05) is 19.1 Å². The van der Waals surface area contributed by atoms with Crippen molar-refractivity contribution < 1.29 is 13.9 Å². The van der Waals surface area contributed by atoms with Crippen LogP contribution in [0.4, 0.5) is 4.39 Å². The lowest BCUT2D eigenvalue weighted by Crippen LogP contribution is -2.48. The third kappa shape index (κ3) is 4.22. The van der Waals surface area contributed by atoms with E-state index in [1.54, 1.807) is 13.8 Å². The lowest BCUT2D eigenvalue weighted by atomic mass is 10.1. The molecule has 1 saturated carbocycles. The number of hydrogen-bond acceptors (Lipinski definition) is 3. The number of nitrogens with one attached hydrogen (secondary N) is 1. The monoisotopic (exact) mass is 320 g/mol. The molecule has 4 nitrogen and oxygen atoms in total. The van der Waals surface area contributed by atoms with Gasteiger partial charge in [-0.15, -0.1) is 0 Å². The summed E-state index contributed by atoms with van der Waals surface area (Å²) in [7, 11) is 0. The minimum absolute atomic E-state index is 0.133. The van der Waals surface area contributed by atoms with Crippen molar-refractivity contribution in [2.45, 2.75) is 44.8 Å². The lowest BCUT2D eigenvalue weighted by molar-refractivity contribution is -0.134. The van der Waals surface area contributed by atoms with Crippen molar-refractivity contribution in [1.29, 1.82) is 0 Å². The number of likely N-dealkylation sites (tertiary alicyclic amines) is 1. The highest BCUT2D eigenvalue weighted by molar-refractivity contribution is 5.84. The molecule has 126 valence electrons. The fourth-order valence-electron chi connectivity index (χ4n) is 3.09. The van der Waals surface area contributed by atoms with Crippen LogP contribution in [0.1, 0.15) is 33.1 Å². The number of benzene rings is 1. The minimum Gasteiger partial charge on any atom is -0.478 e. The molecule has 1 heterocycles. The van der Waals surface area contributed by atoms with E-state index in [4.69, 9.17) is 4.74 Å². The van der Waals surface area contributed by atoms with E-state index >= 15 is 0 Å². The first-order chi connectivity index (χ1) is 10.9. The van der Waals surface area contributed by atoms with Gasteiger partial charge in [-0.3, -0.25) is 4.79 Å². The Morgan fingerprint density at radius 1 is 1.30 bits per heavy atom. The largest absolute Gasteiger partial charge is 0.478 e. The number of nitrogens with zero attached hydrogens (tertiary/aromatic N) is 1. The number of carbonyl (C=O) groups is 1. The fraction of sp³-hybridized carbons (Fsp3) is 0.611. The Labute approximate surface area is 137 Å². The summed E-state index contributed by atoms with van der Waals surface area (Å²) in [6.07, 6.45) is 3.81. The molecule has 23 heavy (non-hydrogen) atoms. The molecule has 1 aromatic carbocycles. The third-order valence-electron chi connectivity index (χ3n) is 4.67. The highest BCUT2D eigenvalue weighted by Gasteiger charge is 2.35. The van der Waals surface area contributed by atoms with Crippen molar-refractivity contribution >= 4 is 5.91 Å². The lowest BCUT2D eigenvalue weighted by Gasteiger charge is -2.26. The Balaban J connectivity index is 1.47. The fourth-order valence-corrected chi connectivity index (χ4v) is 3.09. The number of amides is 1. The molecule has 0 spiro atoms. The molecule has 2 fully saturated rings. The molecule has 0 aromatic heterocycles. The van der Waals surface area contributed by atoms with Crippen LogP contribution in [-0.2, 0) is 4.79 Å². The first kappa shape index (κ1) is 16.2. The zero-order chi connectivity index (χ0) is 16.4. The van der Waals surface area contributed by atoms with Gasteiger partial charge in [0.2, 0.25) is 0 Å². The van der Waals surface area contributed by atoms with Gasteiger partial charge in [0.1, 0.15) is 11.6 Å². The highest BCUT2D eigenvalue weighted by Crippen LogP contribution is 2.31. The van der Waals surface area contributed by atoms with Crippen LogP contribution in [0.5, 0.6) is 5.75 Å². The summed E-state index contributed by atoms with van der Waals surface area (Å²) in [5.41, 5.74) is -0.980. The maximum absolute atomic E-state index is 12.9. The van der Waals surface area contributed by atoms with Crippen LogP contribution in [0, 0.1) is 11.7 Å². The average Bonchev–Trinajstić information content (AvgIpc) is 3.26. The Morgan fingerprint density at radius 2 is 2.00 bits per heavy atom. The van der Waals surface area contributed by atoms with Gasteiger partial charge in [0.05, 0.1) is 0 Å². The molecule has 3 rings (SSSR count). The summed E-state index contributed by atoms with van der Waals surface area (Å²) in [5.74, 6) is 0.571. The summed E-state index contributed by atoms with van der Waals surface area (Å²) in [6, 6.07) is 6.53. The van der Waals surface area contributed by atoms with E-state index < -0.39 is 5.60 Å². The van der Waals surface area contributed by atoms with Crippen molar-refractivity contribution in [3.63, 3.8) is 0 Å². The van der Waals surface area contributed by atoms with E-state index in [0.29, 0.717) is 18.2 Å². The Morgan fingerprint density at radius 3 is 2.65 bits per heavy atom. The van der Waals surface area contributed by atoms with Crippen LogP contribution >= 0.6 is 0 Å². The van der Waals surface area contributed by atoms with E-state index in [9.17, 15) is 9.18 Å². The summed E-state index contributed by atoms with van der Waals surface area (Å²) in [6.45, 7) is 6.40. The van der Waals surface area contributed by atoms with Crippen LogP contribution in [0.3, 0.4) is 0 Å². The zero-order valence-corrected chi connectivity index (χ0v) is 13.8. The second kappa shape index (κ2) is 6.48. The molecule has 1 aliphatic carbocycles. The Hall–Kier alpha value is -1.62. The van der Waals surface area contributed by atoms with Crippen LogP contribution in [-0.4, -0.2) is 42.1 Å². The van der Waals surface area contributed by atoms with E-state index in [1.165, 1.54) is 37.1 Å². The first-order valence-electron chi connectivity index (χ1n) is 8.41. The van der Waals surface area contributed by atoms with Gasteiger partial charge in [-0.2, -0.15) is 0 Å². The molecule has 0 radical (unpaired) electrons. The van der Waals surface area contributed by atoms with Crippen LogP contribution < -0.4 is 10.1 Å². The van der Waals surface area contributed by atoms with Crippen LogP contribution in [0.15, 0.2) is 24.3 Å². The van der Waals surface area contributed by atoms with Gasteiger partial charge in [-0.25, -0.2) is 4.39 Å². The minimum atomic E-state index is -0.980. The topological polar surface area (TPSA) is 41.6 Å². The molecule has 1 aliphatic heterocycles. The molecule has 1 N–H and O–H groups in total. The molecule has 1 atom stereocenters. The van der Waals surface area contributed by atoms with Gasteiger partial charge in [0.25, 0.3) is 5.91 Å². The van der Waals surface area contributed by atoms with E-state index in [-0.39, 0.29) is 11.7 Å². The Bertz CT molecular complexity index is 555. The molecule has 1 saturated heterocycles.